The van der Waals surface area contributed by atoms with Crippen LogP contribution in [-0.4, -0.2) is 13.1 Å². The molecule has 3 atom stereocenters. The van der Waals surface area contributed by atoms with Gasteiger partial charge in [0.1, 0.15) is 0 Å². The minimum atomic E-state index is 0.782. The van der Waals surface area contributed by atoms with Crippen LogP contribution in [0.5, 0.6) is 0 Å². The van der Waals surface area contributed by atoms with Gasteiger partial charge in [0.05, 0.1) is 0 Å². The van der Waals surface area contributed by atoms with Gasteiger partial charge in [0, 0.05) is 24.7 Å². The minimum Gasteiger partial charge on any atom is -0.371 e. The highest BCUT2D eigenvalue weighted by molar-refractivity contribution is 5.61. The maximum atomic E-state index is 2.60. The molecule has 1 aliphatic heterocycles. The molecular weight excluding hydrogens is 254 g/mol. The van der Waals surface area contributed by atoms with Crippen molar-refractivity contribution in [3.05, 3.63) is 29.8 Å². The van der Waals surface area contributed by atoms with Gasteiger partial charge in [0.25, 0.3) is 0 Å². The van der Waals surface area contributed by atoms with Gasteiger partial charge < -0.3 is 4.90 Å². The molecule has 1 aromatic rings. The smallest absolute Gasteiger partial charge is 0.0402 e. The van der Waals surface area contributed by atoms with Gasteiger partial charge in [0.2, 0.25) is 0 Å². The third kappa shape index (κ3) is 2.39. The van der Waals surface area contributed by atoms with Gasteiger partial charge >= 0.3 is 0 Å². The summed E-state index contributed by atoms with van der Waals surface area (Å²) in [6, 6.07) is 9.92. The molecule has 0 bridgehead atoms. The zero-order valence-electron chi connectivity index (χ0n) is 13.4. The zero-order valence-corrected chi connectivity index (χ0v) is 13.4. The number of rotatable bonds is 1. The van der Waals surface area contributed by atoms with E-state index in [0.717, 1.165) is 23.8 Å². The van der Waals surface area contributed by atoms with E-state index in [2.05, 4.69) is 36.2 Å². The molecule has 1 nitrogen and oxygen atoms in total. The normalized spacial score (nSPS) is 33.4. The average molecular weight is 283 g/mol. The summed E-state index contributed by atoms with van der Waals surface area (Å²) < 4.78 is 0. The third-order valence-electron chi connectivity index (χ3n) is 6.64. The number of benzene rings is 1. The highest BCUT2D eigenvalue weighted by Gasteiger charge is 2.42. The van der Waals surface area contributed by atoms with E-state index in [0.29, 0.717) is 0 Å². The van der Waals surface area contributed by atoms with E-state index in [9.17, 15) is 0 Å². The van der Waals surface area contributed by atoms with Gasteiger partial charge in [-0.1, -0.05) is 56.7 Å². The first-order chi connectivity index (χ1) is 10.3. The van der Waals surface area contributed by atoms with Crippen molar-refractivity contribution >= 4 is 5.69 Å². The van der Waals surface area contributed by atoms with Gasteiger partial charge in [-0.3, -0.25) is 0 Å². The number of nitrogens with zero attached hydrogens (tertiary/aromatic N) is 1. The first-order valence-electron chi connectivity index (χ1n) is 9.16. The second-order valence-corrected chi connectivity index (χ2v) is 7.67. The largest absolute Gasteiger partial charge is 0.371 e. The second-order valence-electron chi connectivity index (χ2n) is 7.67. The Kier molecular flexibility index (Phi) is 3.69. The van der Waals surface area contributed by atoms with Crippen molar-refractivity contribution in [1.29, 1.82) is 0 Å². The first-order valence-corrected chi connectivity index (χ1v) is 9.16. The highest BCUT2D eigenvalue weighted by Crippen LogP contribution is 2.50. The highest BCUT2D eigenvalue weighted by atomic mass is 15.2. The molecule has 114 valence electrons. The quantitative estimate of drug-likeness (QED) is 0.627. The lowest BCUT2D eigenvalue weighted by Gasteiger charge is -2.39. The molecule has 1 heterocycles. The van der Waals surface area contributed by atoms with E-state index in [1.165, 1.54) is 63.5 Å². The van der Waals surface area contributed by atoms with Crippen molar-refractivity contribution < 1.29 is 0 Å². The number of hydrogen-bond donors (Lipinski definition) is 0. The fraction of sp³-hybridized carbons (Fsp3) is 0.700. The molecule has 3 unspecified atom stereocenters. The summed E-state index contributed by atoms with van der Waals surface area (Å²) in [5, 5.41) is 0. The summed E-state index contributed by atoms with van der Waals surface area (Å²) >= 11 is 0. The first kappa shape index (κ1) is 13.7. The molecule has 3 aliphatic rings. The lowest BCUT2D eigenvalue weighted by molar-refractivity contribution is 0.198. The van der Waals surface area contributed by atoms with Gasteiger partial charge in [0.15, 0.2) is 0 Å². The van der Waals surface area contributed by atoms with Crippen LogP contribution in [0.3, 0.4) is 0 Å². The van der Waals surface area contributed by atoms with Gasteiger partial charge in [-0.25, -0.2) is 0 Å². The molecule has 4 rings (SSSR count). The minimum absolute atomic E-state index is 0.782. The fourth-order valence-corrected chi connectivity index (χ4v) is 5.48. The van der Waals surface area contributed by atoms with E-state index in [1.807, 2.05) is 0 Å². The Morgan fingerprint density at radius 2 is 1.62 bits per heavy atom. The average Bonchev–Trinajstić information content (AvgIpc) is 2.73. The zero-order chi connectivity index (χ0) is 14.2. The lowest BCUT2D eigenvalue weighted by atomic mass is 9.70. The Morgan fingerprint density at radius 1 is 0.857 bits per heavy atom. The topological polar surface area (TPSA) is 3.24 Å². The molecule has 2 saturated carbocycles. The SMILES string of the molecule is CN1c2ccccc2C2CCC(C3CCCCCC3)CC21. The van der Waals surface area contributed by atoms with Crippen molar-refractivity contribution in [2.75, 3.05) is 11.9 Å². The maximum Gasteiger partial charge on any atom is 0.0402 e. The molecule has 0 radical (unpaired) electrons. The van der Waals surface area contributed by atoms with Crippen LogP contribution in [0.25, 0.3) is 0 Å². The molecule has 0 spiro atoms. The van der Waals surface area contributed by atoms with Crippen LogP contribution in [0.1, 0.15) is 69.3 Å². The summed E-state index contributed by atoms with van der Waals surface area (Å²) in [5.74, 6) is 2.85. The van der Waals surface area contributed by atoms with Crippen molar-refractivity contribution in [1.82, 2.24) is 0 Å². The monoisotopic (exact) mass is 283 g/mol. The summed E-state index contributed by atoms with van der Waals surface area (Å²) in [6.45, 7) is 0. The Bertz CT molecular complexity index is 486. The second kappa shape index (κ2) is 5.66. The predicted molar refractivity (Wildman–Crippen MR) is 89.9 cm³/mol. The van der Waals surface area contributed by atoms with Crippen molar-refractivity contribution in [3.63, 3.8) is 0 Å². The molecule has 1 aromatic carbocycles. The molecule has 21 heavy (non-hydrogen) atoms. The van der Waals surface area contributed by atoms with Crippen molar-refractivity contribution in [2.45, 2.75) is 69.7 Å². The molecular formula is C20H29N. The molecule has 2 fully saturated rings. The number of para-hydroxylation sites is 1. The van der Waals surface area contributed by atoms with E-state index < -0.39 is 0 Å². The molecule has 1 heteroatoms. The van der Waals surface area contributed by atoms with E-state index in [4.69, 9.17) is 0 Å². The van der Waals surface area contributed by atoms with Crippen LogP contribution in [0.2, 0.25) is 0 Å². The summed E-state index contributed by atoms with van der Waals surface area (Å²) in [6.07, 6.45) is 13.3. The Labute approximate surface area is 129 Å². The van der Waals surface area contributed by atoms with Crippen molar-refractivity contribution in [3.8, 4) is 0 Å². The van der Waals surface area contributed by atoms with Gasteiger partial charge in [-0.2, -0.15) is 0 Å². The summed E-state index contributed by atoms with van der Waals surface area (Å²) in [5.41, 5.74) is 3.14. The van der Waals surface area contributed by atoms with Crippen LogP contribution < -0.4 is 4.90 Å². The molecule has 0 aromatic heterocycles. The van der Waals surface area contributed by atoms with E-state index in [-0.39, 0.29) is 0 Å². The van der Waals surface area contributed by atoms with E-state index in [1.54, 1.807) is 5.56 Å². The van der Waals surface area contributed by atoms with Crippen molar-refractivity contribution in [2.24, 2.45) is 11.8 Å². The Morgan fingerprint density at radius 3 is 2.43 bits per heavy atom. The molecule has 0 amide bonds. The van der Waals surface area contributed by atoms with Crippen LogP contribution in [0, 0.1) is 11.8 Å². The lowest BCUT2D eigenvalue weighted by Crippen LogP contribution is -2.37. The van der Waals surface area contributed by atoms with Crippen LogP contribution in [0.4, 0.5) is 5.69 Å². The fourth-order valence-electron chi connectivity index (χ4n) is 5.48. The number of hydrogen-bond acceptors (Lipinski definition) is 1. The van der Waals surface area contributed by atoms with Gasteiger partial charge in [-0.15, -0.1) is 0 Å². The van der Waals surface area contributed by atoms with Crippen LogP contribution in [-0.2, 0) is 0 Å². The third-order valence-corrected chi connectivity index (χ3v) is 6.64. The number of anilines is 1. The number of likely N-dealkylation sites (N-methyl/N-ethyl adjacent to an activating group) is 1. The maximum absolute atomic E-state index is 2.60. The van der Waals surface area contributed by atoms with Crippen LogP contribution >= 0.6 is 0 Å². The Hall–Kier alpha value is -0.980. The molecule has 0 saturated heterocycles. The summed E-state index contributed by atoms with van der Waals surface area (Å²) in [4.78, 5) is 2.60. The molecule has 2 aliphatic carbocycles. The Balaban J connectivity index is 1.51. The molecule has 0 N–H and O–H groups in total. The predicted octanol–water partition coefficient (Wildman–Crippen LogP) is 5.36. The standard InChI is InChI=1S/C20H29N/c1-21-19-11-7-6-10-17(19)18-13-12-16(14-20(18)21)15-8-4-2-3-5-9-15/h6-7,10-11,15-16,18,20H,2-5,8-9,12-14H2,1H3. The summed E-state index contributed by atoms with van der Waals surface area (Å²) in [7, 11) is 2.33. The van der Waals surface area contributed by atoms with Gasteiger partial charge in [-0.05, 0) is 42.7 Å². The number of fused-ring (bicyclic) bond motifs is 3. The van der Waals surface area contributed by atoms with E-state index >= 15 is 0 Å². The van der Waals surface area contributed by atoms with Crippen LogP contribution in [0.15, 0.2) is 24.3 Å².